The van der Waals surface area contributed by atoms with Crippen LogP contribution in [0.25, 0.3) is 0 Å². The highest BCUT2D eigenvalue weighted by molar-refractivity contribution is 5.82. The fourth-order valence-electron chi connectivity index (χ4n) is 2.56. The minimum absolute atomic E-state index is 0.143. The summed E-state index contributed by atoms with van der Waals surface area (Å²) < 4.78 is 5.14. The van der Waals surface area contributed by atoms with Gasteiger partial charge in [0.1, 0.15) is 6.04 Å². The van der Waals surface area contributed by atoms with Crippen LogP contribution in [0.3, 0.4) is 0 Å². The van der Waals surface area contributed by atoms with Crippen LogP contribution in [0.15, 0.2) is 18.2 Å². The van der Waals surface area contributed by atoms with Gasteiger partial charge in [0.15, 0.2) is 0 Å². The molecule has 18 heavy (non-hydrogen) atoms. The second-order valence-electron chi connectivity index (χ2n) is 4.46. The molecule has 0 aromatic heterocycles. The van der Waals surface area contributed by atoms with E-state index < -0.39 is 0 Å². The monoisotopic (exact) mass is 248 g/mol. The van der Waals surface area contributed by atoms with E-state index in [1.54, 1.807) is 0 Å². The average Bonchev–Trinajstić information content (AvgIpc) is 2.76. The van der Waals surface area contributed by atoms with Gasteiger partial charge in [-0.3, -0.25) is 0 Å². The Balaban J connectivity index is 2.26. The molecule has 4 nitrogen and oxygen atoms in total. The van der Waals surface area contributed by atoms with E-state index in [4.69, 9.17) is 10.5 Å². The van der Waals surface area contributed by atoms with Gasteiger partial charge in [-0.2, -0.15) is 0 Å². The highest BCUT2D eigenvalue weighted by atomic mass is 16.5. The molecule has 1 aromatic carbocycles. The molecule has 0 saturated carbocycles. The van der Waals surface area contributed by atoms with Gasteiger partial charge in [0.05, 0.1) is 6.61 Å². The van der Waals surface area contributed by atoms with E-state index in [-0.39, 0.29) is 12.0 Å². The van der Waals surface area contributed by atoms with E-state index in [1.807, 2.05) is 32.0 Å². The standard InChI is InChI=1S/C14H20N2O2/c1-3-12(14(17)18-4-2)16-9-8-10-11(15)6-5-7-13(10)16/h5-7,12H,3-4,8-9,15H2,1-2H3. The van der Waals surface area contributed by atoms with Crippen molar-refractivity contribution >= 4 is 17.3 Å². The number of hydrogen-bond acceptors (Lipinski definition) is 4. The minimum atomic E-state index is -0.201. The predicted octanol–water partition coefficient (Wildman–Crippen LogP) is 1.97. The first kappa shape index (κ1) is 12.7. The lowest BCUT2D eigenvalue weighted by molar-refractivity contribution is -0.144. The molecule has 2 N–H and O–H groups in total. The van der Waals surface area contributed by atoms with Crippen LogP contribution in [-0.4, -0.2) is 25.2 Å². The second-order valence-corrected chi connectivity index (χ2v) is 4.46. The Morgan fingerprint density at radius 2 is 2.28 bits per heavy atom. The normalized spacial score (nSPS) is 15.3. The summed E-state index contributed by atoms with van der Waals surface area (Å²) in [5.41, 5.74) is 9.01. The quantitative estimate of drug-likeness (QED) is 0.654. The number of anilines is 2. The van der Waals surface area contributed by atoms with Crippen molar-refractivity contribution in [1.29, 1.82) is 0 Å². The van der Waals surface area contributed by atoms with Crippen molar-refractivity contribution in [2.24, 2.45) is 0 Å². The van der Waals surface area contributed by atoms with Gasteiger partial charge < -0.3 is 15.4 Å². The number of esters is 1. The third-order valence-corrected chi connectivity index (χ3v) is 3.42. The summed E-state index contributed by atoms with van der Waals surface area (Å²) in [6.07, 6.45) is 1.64. The number of nitrogens with two attached hydrogens (primary N) is 1. The van der Waals surface area contributed by atoms with Crippen molar-refractivity contribution in [2.45, 2.75) is 32.7 Å². The van der Waals surface area contributed by atoms with Gasteiger partial charge in [-0.05, 0) is 31.9 Å². The molecule has 4 heteroatoms. The fourth-order valence-corrected chi connectivity index (χ4v) is 2.56. The van der Waals surface area contributed by atoms with E-state index in [1.165, 1.54) is 0 Å². The molecule has 1 aliphatic rings. The SMILES string of the molecule is CCOC(=O)C(CC)N1CCc2c(N)cccc21. The van der Waals surface area contributed by atoms with Crippen molar-refractivity contribution in [3.8, 4) is 0 Å². The van der Waals surface area contributed by atoms with Crippen LogP contribution in [0.4, 0.5) is 11.4 Å². The highest BCUT2D eigenvalue weighted by Gasteiger charge is 2.31. The maximum Gasteiger partial charge on any atom is 0.328 e. The molecule has 0 saturated heterocycles. The van der Waals surface area contributed by atoms with Crippen LogP contribution in [-0.2, 0) is 16.0 Å². The molecule has 0 bridgehead atoms. The number of hydrogen-bond donors (Lipinski definition) is 1. The number of carbonyl (C=O) groups is 1. The minimum Gasteiger partial charge on any atom is -0.464 e. The molecule has 0 fully saturated rings. The lowest BCUT2D eigenvalue weighted by Crippen LogP contribution is -2.41. The molecule has 0 aliphatic carbocycles. The van der Waals surface area contributed by atoms with E-state index >= 15 is 0 Å². The number of nitrogen functional groups attached to an aromatic ring is 1. The summed E-state index contributed by atoms with van der Waals surface area (Å²) in [6.45, 7) is 5.10. The van der Waals surface area contributed by atoms with Gasteiger partial charge >= 0.3 is 5.97 Å². The lowest BCUT2D eigenvalue weighted by atomic mass is 10.1. The third kappa shape index (κ3) is 2.15. The lowest BCUT2D eigenvalue weighted by Gasteiger charge is -2.27. The summed E-state index contributed by atoms with van der Waals surface area (Å²) in [6, 6.07) is 5.67. The smallest absolute Gasteiger partial charge is 0.328 e. The predicted molar refractivity (Wildman–Crippen MR) is 72.6 cm³/mol. The van der Waals surface area contributed by atoms with E-state index in [0.29, 0.717) is 6.61 Å². The molecule has 0 amide bonds. The van der Waals surface area contributed by atoms with Crippen molar-refractivity contribution in [2.75, 3.05) is 23.8 Å². The average molecular weight is 248 g/mol. The largest absolute Gasteiger partial charge is 0.464 e. The number of benzene rings is 1. The van der Waals surface area contributed by atoms with Crippen LogP contribution >= 0.6 is 0 Å². The number of rotatable bonds is 4. The van der Waals surface area contributed by atoms with Gasteiger partial charge in [-0.1, -0.05) is 13.0 Å². The van der Waals surface area contributed by atoms with Crippen molar-refractivity contribution < 1.29 is 9.53 Å². The molecule has 1 atom stereocenters. The third-order valence-electron chi connectivity index (χ3n) is 3.42. The van der Waals surface area contributed by atoms with Crippen molar-refractivity contribution in [3.63, 3.8) is 0 Å². The van der Waals surface area contributed by atoms with Gasteiger partial charge in [0, 0.05) is 23.5 Å². The Morgan fingerprint density at radius 1 is 1.50 bits per heavy atom. The maximum absolute atomic E-state index is 12.0. The zero-order valence-corrected chi connectivity index (χ0v) is 11.0. The molecule has 0 radical (unpaired) electrons. The summed E-state index contributed by atoms with van der Waals surface area (Å²) in [4.78, 5) is 14.1. The summed E-state index contributed by atoms with van der Waals surface area (Å²) in [5.74, 6) is -0.143. The first-order valence-corrected chi connectivity index (χ1v) is 6.49. The van der Waals surface area contributed by atoms with Crippen molar-refractivity contribution in [1.82, 2.24) is 0 Å². The first-order valence-electron chi connectivity index (χ1n) is 6.49. The second kappa shape index (κ2) is 5.29. The molecule has 0 spiro atoms. The van der Waals surface area contributed by atoms with Crippen LogP contribution in [0.2, 0.25) is 0 Å². The molecular formula is C14H20N2O2. The maximum atomic E-state index is 12.0. The number of fused-ring (bicyclic) bond motifs is 1. The zero-order chi connectivity index (χ0) is 13.1. The van der Waals surface area contributed by atoms with Gasteiger partial charge in [0.25, 0.3) is 0 Å². The topological polar surface area (TPSA) is 55.6 Å². The van der Waals surface area contributed by atoms with Crippen LogP contribution in [0, 0.1) is 0 Å². The summed E-state index contributed by atoms with van der Waals surface area (Å²) in [5, 5.41) is 0. The number of carbonyl (C=O) groups excluding carboxylic acids is 1. The Hall–Kier alpha value is -1.71. The summed E-state index contributed by atoms with van der Waals surface area (Å²) in [7, 11) is 0. The molecule has 1 aliphatic heterocycles. The zero-order valence-electron chi connectivity index (χ0n) is 11.0. The molecule has 1 heterocycles. The number of ether oxygens (including phenoxy) is 1. The van der Waals surface area contributed by atoms with Gasteiger partial charge in [-0.15, -0.1) is 0 Å². The van der Waals surface area contributed by atoms with Crippen LogP contribution < -0.4 is 10.6 Å². The molecule has 2 rings (SSSR count). The molecule has 1 unspecified atom stereocenters. The van der Waals surface area contributed by atoms with E-state index in [0.717, 1.165) is 36.3 Å². The van der Waals surface area contributed by atoms with Crippen molar-refractivity contribution in [3.05, 3.63) is 23.8 Å². The summed E-state index contributed by atoms with van der Waals surface area (Å²) >= 11 is 0. The Morgan fingerprint density at radius 3 is 2.94 bits per heavy atom. The van der Waals surface area contributed by atoms with E-state index in [9.17, 15) is 4.79 Å². The van der Waals surface area contributed by atoms with Crippen LogP contribution in [0.1, 0.15) is 25.8 Å². The molecule has 1 aromatic rings. The van der Waals surface area contributed by atoms with Crippen LogP contribution in [0.5, 0.6) is 0 Å². The van der Waals surface area contributed by atoms with E-state index in [2.05, 4.69) is 4.90 Å². The number of nitrogens with zero attached hydrogens (tertiary/aromatic N) is 1. The first-order chi connectivity index (χ1) is 8.69. The van der Waals surface area contributed by atoms with Gasteiger partial charge in [0.2, 0.25) is 0 Å². The Labute approximate surface area is 108 Å². The Kier molecular flexibility index (Phi) is 3.75. The fraction of sp³-hybridized carbons (Fsp3) is 0.500. The van der Waals surface area contributed by atoms with Gasteiger partial charge in [-0.25, -0.2) is 4.79 Å². The molecular weight excluding hydrogens is 228 g/mol. The molecule has 98 valence electrons. The highest BCUT2D eigenvalue weighted by Crippen LogP contribution is 2.34. The Bertz CT molecular complexity index is 445.